The zero-order valence-corrected chi connectivity index (χ0v) is 49.6. The quantitative estimate of drug-likeness (QED) is 0.0195. The Morgan fingerprint density at radius 2 is 1.51 bits per heavy atom. The summed E-state index contributed by atoms with van der Waals surface area (Å²) in [5.41, 5.74) is 10.3. The van der Waals surface area contributed by atoms with Gasteiger partial charge in [0.2, 0.25) is 5.36 Å². The summed E-state index contributed by atoms with van der Waals surface area (Å²) in [4.78, 5) is 68.9. The number of aliphatic hydroxyl groups excluding tert-OH is 1. The average Bonchev–Trinajstić information content (AvgIpc) is 3.60. The standard InChI is InChI=1S/C40H48N2O3.C10H7N4O4S.C9H6N4O4S.Co/c1-10-13-18-44-39(43)29-17-15-14-16-28(29)38-32-20-30(26(6)19-25(4)5)34(41-11-2)22-36(32)45-37-23-35-31(21-33(37)38)27(7)24-40(8,9)42(35)12-3;1-18-8-4-6(15)2-3-7(8)12-13-10-11-5-9(19-10)14(16)17;14-5-1-2-6(7(15)3-5)11-12-9-10-4-8(18-9)13(16)17;/h14-17,19-25H,10-13,18H2,1-9H3;2-5H,1H2,(H,11,13,15);1-4H,(H2,10,12,14,15);/q;-1;;+2/p-1/b26-19-,41-34?;;;. The summed E-state index contributed by atoms with van der Waals surface area (Å²) in [5, 5.41) is 46.8. The van der Waals surface area contributed by atoms with E-state index >= 15 is 0 Å². The SMILES string of the molecule is CCCCOC(=O)c1ccccc1-c1c2cc(/C(C)=C\C(C)C)c(=[NH+]CC)cc-2oc2cc3c(cc12)C(C)=CC(C)(C)N3CC.O=C1C=C/C(=N\N=c2/[n-]cc([N+](=O)[O-])s2)C(O)=C1.[CH2-]OC1=CC(=O)C=C/C1=N\N=c1/[n-]cc([N+](=O)[O-])s1.[Co+2]. The van der Waals surface area contributed by atoms with E-state index in [1.165, 1.54) is 47.1 Å². The van der Waals surface area contributed by atoms with Gasteiger partial charge in [-0.1, -0.05) is 80.2 Å². The van der Waals surface area contributed by atoms with Crippen LogP contribution in [0.1, 0.15) is 96.6 Å². The van der Waals surface area contributed by atoms with Gasteiger partial charge in [-0.2, -0.15) is 7.11 Å². The van der Waals surface area contributed by atoms with Gasteiger partial charge >= 0.3 is 32.8 Å². The molecule has 3 aliphatic carbocycles. The molecule has 0 fully saturated rings. The van der Waals surface area contributed by atoms with Gasteiger partial charge in [-0.25, -0.2) is 9.79 Å². The zero-order valence-electron chi connectivity index (χ0n) is 46.9. The predicted molar refractivity (Wildman–Crippen MR) is 315 cm³/mol. The van der Waals surface area contributed by atoms with Gasteiger partial charge in [0.25, 0.3) is 0 Å². The van der Waals surface area contributed by atoms with Crippen molar-refractivity contribution in [2.24, 2.45) is 26.3 Å². The van der Waals surface area contributed by atoms with Crippen LogP contribution in [0.3, 0.4) is 0 Å². The number of hydrogen-bond donors (Lipinski definition) is 2. The summed E-state index contributed by atoms with van der Waals surface area (Å²) in [5.74, 6) is 0.142. The summed E-state index contributed by atoms with van der Waals surface area (Å²) in [6, 6.07) is 16.7. The first-order valence-corrected chi connectivity index (χ1v) is 27.6. The number of carbonyl (C=O) groups excluding carboxylic acids is 3. The molecule has 0 spiro atoms. The van der Waals surface area contributed by atoms with Crippen molar-refractivity contribution in [3.05, 3.63) is 180 Å². The van der Waals surface area contributed by atoms with E-state index in [1.807, 2.05) is 24.3 Å². The third-order valence-corrected chi connectivity index (χ3v) is 14.3. The maximum atomic E-state index is 13.6. The Morgan fingerprint density at radius 1 is 0.880 bits per heavy atom. The van der Waals surface area contributed by atoms with E-state index in [4.69, 9.17) is 13.9 Å². The van der Waals surface area contributed by atoms with E-state index in [0.717, 1.165) is 117 Å². The number of aliphatic hydroxyl groups is 1. The average molecular weight is 1210 g/mol. The normalized spacial score (nSPS) is 16.2. The molecule has 2 N–H and O–H groups in total. The van der Waals surface area contributed by atoms with Crippen LogP contribution in [0, 0.1) is 33.3 Å². The van der Waals surface area contributed by atoms with Crippen LogP contribution >= 0.6 is 22.7 Å². The fourth-order valence-corrected chi connectivity index (χ4v) is 10.3. The molecule has 4 aromatic rings. The number of nitrogens with zero attached hydrogens (tertiary/aromatic N) is 9. The second-order valence-electron chi connectivity index (χ2n) is 19.4. The molecule has 0 bridgehead atoms. The van der Waals surface area contributed by atoms with Crippen molar-refractivity contribution in [3.8, 4) is 22.5 Å². The van der Waals surface area contributed by atoms with Crippen molar-refractivity contribution in [1.29, 1.82) is 0 Å². The molecule has 0 atom stereocenters. The van der Waals surface area contributed by atoms with Crippen LogP contribution < -0.4 is 34.8 Å². The molecule has 0 saturated heterocycles. The van der Waals surface area contributed by atoms with Gasteiger partial charge in [0.15, 0.2) is 11.6 Å². The molecule has 1 radical (unpaired) electrons. The van der Waals surface area contributed by atoms with E-state index in [2.05, 4.69) is 146 Å². The molecule has 0 amide bonds. The number of ether oxygens (including phenoxy) is 2. The minimum Gasteiger partial charge on any atom is -0.664 e. The van der Waals surface area contributed by atoms with Crippen LogP contribution in [-0.2, 0) is 35.8 Å². The van der Waals surface area contributed by atoms with Crippen LogP contribution in [0.25, 0.3) is 44.6 Å². The molecule has 2 aliphatic heterocycles. The minimum absolute atomic E-state index is 0. The van der Waals surface area contributed by atoms with Gasteiger partial charge in [0.05, 0.1) is 33.6 Å². The Hall–Kier alpha value is -8.71. The fraction of sp³-hybridized carbons (Fsp3) is 0.271. The van der Waals surface area contributed by atoms with E-state index in [1.54, 1.807) is 0 Å². The van der Waals surface area contributed by atoms with E-state index in [0.29, 0.717) is 18.1 Å². The van der Waals surface area contributed by atoms with Gasteiger partial charge in [0.1, 0.15) is 40.8 Å². The number of benzene rings is 3. The van der Waals surface area contributed by atoms with Crippen LogP contribution in [0.15, 0.2) is 146 Å². The molecule has 9 rings (SSSR count). The van der Waals surface area contributed by atoms with Gasteiger partial charge < -0.3 is 44.1 Å². The fourth-order valence-electron chi connectivity index (χ4n) is 9.14. The predicted octanol–water partition coefficient (Wildman–Crippen LogP) is 9.39. The minimum atomic E-state index is -0.583. The second-order valence-corrected chi connectivity index (χ2v) is 21.4. The number of fused-ring (bicyclic) bond motifs is 3. The number of aromatic nitrogens is 2. The van der Waals surface area contributed by atoms with Crippen LogP contribution in [0.5, 0.6) is 0 Å². The molecule has 5 aliphatic rings. The summed E-state index contributed by atoms with van der Waals surface area (Å²) in [7, 11) is 3.20. The van der Waals surface area contributed by atoms with Gasteiger partial charge in [-0.15, -0.1) is 0 Å². The van der Waals surface area contributed by atoms with Crippen molar-refractivity contribution in [2.75, 3.05) is 24.6 Å². The Balaban J connectivity index is 0.000000238. The third-order valence-electron chi connectivity index (χ3n) is 12.6. The Kier molecular flexibility index (Phi) is 21.7. The number of nitro groups is 2. The number of esters is 1. The summed E-state index contributed by atoms with van der Waals surface area (Å²) in [6.45, 7) is 21.8. The van der Waals surface area contributed by atoms with E-state index in [9.17, 15) is 39.7 Å². The van der Waals surface area contributed by atoms with Crippen molar-refractivity contribution >= 4 is 89.4 Å². The number of allylic oxidation sites excluding steroid dienone is 9. The molecule has 24 heteroatoms. The van der Waals surface area contributed by atoms with Gasteiger partial charge in [-0.05, 0) is 113 Å². The Labute approximate surface area is 495 Å². The molecule has 2 aromatic carbocycles. The maximum absolute atomic E-state index is 13.6. The molecule has 433 valence electrons. The third kappa shape index (κ3) is 15.4. The topological polar surface area (TPSA) is 284 Å². The number of likely N-dealkylation sites (N-methyl/N-ethyl adjacent to an activating group) is 1. The smallest absolute Gasteiger partial charge is 0.664 e. The molecule has 2 aromatic heterocycles. The second kappa shape index (κ2) is 28.3. The number of anilines is 1. The van der Waals surface area contributed by atoms with Crippen molar-refractivity contribution in [2.45, 2.75) is 80.7 Å². The number of nitrogens with one attached hydrogen (secondary N) is 1. The summed E-state index contributed by atoms with van der Waals surface area (Å²) >= 11 is 1.54. The van der Waals surface area contributed by atoms with Gasteiger partial charge in [0, 0.05) is 80.1 Å². The zero-order chi connectivity index (χ0) is 59.4. The number of thiazole rings is 2. The van der Waals surface area contributed by atoms with Crippen LogP contribution in [0.4, 0.5) is 15.7 Å². The molecule has 0 saturated carbocycles. The van der Waals surface area contributed by atoms with E-state index < -0.39 is 9.85 Å². The molecule has 0 unspecified atom stereocenters. The molecule has 83 heavy (non-hydrogen) atoms. The number of ketones is 2. The Bertz CT molecular complexity index is 3940. The first-order valence-electron chi connectivity index (χ1n) is 26.0. The number of carbonyl (C=O) groups is 3. The number of hydrogen-bond acceptors (Lipinski definition) is 18. The number of rotatable bonds is 14. The summed E-state index contributed by atoms with van der Waals surface area (Å²) in [6.07, 6.45) is 16.0. The molecule has 4 heterocycles. The largest absolute Gasteiger partial charge is 2.00 e. The van der Waals surface area contributed by atoms with E-state index in [-0.39, 0.29) is 82.4 Å². The summed E-state index contributed by atoms with van der Waals surface area (Å²) < 4.78 is 17.3. The van der Waals surface area contributed by atoms with Crippen LogP contribution in [-0.4, -0.2) is 69.1 Å². The Morgan fingerprint density at radius 3 is 2.08 bits per heavy atom. The van der Waals surface area contributed by atoms with Crippen molar-refractivity contribution in [1.82, 2.24) is 9.97 Å². The van der Waals surface area contributed by atoms with Gasteiger partial charge in [-0.3, -0.25) is 40.0 Å². The first-order chi connectivity index (χ1) is 39.2. The molecule has 21 nitrogen and oxygen atoms in total. The molecular weight excluding hydrogens is 1150 g/mol. The number of unbranched alkanes of at least 4 members (excludes halogenated alkanes) is 1. The van der Waals surface area contributed by atoms with Crippen LogP contribution in [0.2, 0.25) is 0 Å². The van der Waals surface area contributed by atoms with Crippen molar-refractivity contribution in [3.63, 3.8) is 0 Å². The first kappa shape index (κ1) is 63.5. The maximum Gasteiger partial charge on any atom is 2.00 e. The van der Waals surface area contributed by atoms with Crippen molar-refractivity contribution < 1.29 is 65.0 Å². The molecular formula is C59H60CoN10O11S2. The monoisotopic (exact) mass is 1210 g/mol.